The van der Waals surface area contributed by atoms with Crippen LogP contribution in [0, 0.1) is 0 Å². The highest BCUT2D eigenvalue weighted by Gasteiger charge is 2.36. The number of fused-ring (bicyclic) bond motifs is 1. The molecule has 0 saturated carbocycles. The molecule has 1 aromatic carbocycles. The molecule has 0 spiro atoms. The van der Waals surface area contributed by atoms with Gasteiger partial charge in [-0.25, -0.2) is 0 Å². The minimum absolute atomic E-state index is 0.184. The zero-order chi connectivity index (χ0) is 11.6. The average molecular weight is 221 g/mol. The van der Waals surface area contributed by atoms with Crippen molar-refractivity contribution in [2.75, 3.05) is 13.7 Å². The predicted octanol–water partition coefficient (Wildman–Crippen LogP) is 1.19. The van der Waals surface area contributed by atoms with Crippen LogP contribution >= 0.6 is 0 Å². The molecular weight excluding hydrogens is 206 g/mol. The van der Waals surface area contributed by atoms with Gasteiger partial charge in [0.25, 0.3) is 0 Å². The van der Waals surface area contributed by atoms with E-state index in [1.54, 1.807) is 0 Å². The Hall–Kier alpha value is -1.55. The number of esters is 1. The lowest BCUT2D eigenvalue weighted by Gasteiger charge is -2.34. The molecule has 2 rings (SSSR count). The van der Waals surface area contributed by atoms with Crippen LogP contribution in [-0.4, -0.2) is 19.7 Å². The Kier molecular flexibility index (Phi) is 2.83. The Labute approximate surface area is 94.3 Å². The number of ether oxygens (including phenoxy) is 2. The number of methoxy groups -OCH3 is 1. The van der Waals surface area contributed by atoms with Crippen LogP contribution in [0.1, 0.15) is 18.4 Å². The number of hydrogen-bond donors (Lipinski definition) is 1. The summed E-state index contributed by atoms with van der Waals surface area (Å²) in [6.07, 6.45) is 0.809. The van der Waals surface area contributed by atoms with Gasteiger partial charge in [0.1, 0.15) is 5.75 Å². The lowest BCUT2D eigenvalue weighted by Crippen LogP contribution is -2.43. The van der Waals surface area contributed by atoms with E-state index in [1.807, 2.05) is 24.3 Å². The van der Waals surface area contributed by atoms with Crippen molar-refractivity contribution in [3.8, 4) is 5.75 Å². The monoisotopic (exact) mass is 221 g/mol. The summed E-state index contributed by atoms with van der Waals surface area (Å²) in [6, 6.07) is 7.56. The Bertz CT molecular complexity index is 405. The Balaban J connectivity index is 2.32. The van der Waals surface area contributed by atoms with Crippen molar-refractivity contribution < 1.29 is 14.3 Å². The number of carbonyl (C=O) groups excluding carboxylic acids is 1. The molecule has 4 nitrogen and oxygen atoms in total. The summed E-state index contributed by atoms with van der Waals surface area (Å²) in [6.45, 7) is 0.532. The molecule has 1 atom stereocenters. The number of para-hydroxylation sites is 1. The van der Waals surface area contributed by atoms with Crippen molar-refractivity contribution in [2.24, 2.45) is 5.73 Å². The zero-order valence-electron chi connectivity index (χ0n) is 9.23. The molecule has 1 heterocycles. The molecule has 1 aromatic rings. The van der Waals surface area contributed by atoms with Crippen LogP contribution in [0.5, 0.6) is 5.75 Å². The standard InChI is InChI=1S/C12H15NO3/c1-15-11(14)8-12(13)6-7-16-10-5-3-2-4-9(10)12/h2-5H,6-8,13H2,1H3. The molecule has 1 aliphatic rings. The van der Waals surface area contributed by atoms with Crippen molar-refractivity contribution in [2.45, 2.75) is 18.4 Å². The third-order valence-electron chi connectivity index (χ3n) is 2.92. The maximum atomic E-state index is 11.4. The van der Waals surface area contributed by atoms with E-state index in [0.717, 1.165) is 11.3 Å². The van der Waals surface area contributed by atoms with E-state index >= 15 is 0 Å². The SMILES string of the molecule is COC(=O)CC1(N)CCOc2ccccc21. The molecular formula is C12H15NO3. The number of carbonyl (C=O) groups is 1. The van der Waals surface area contributed by atoms with Gasteiger partial charge in [0.05, 0.1) is 25.7 Å². The third-order valence-corrected chi connectivity index (χ3v) is 2.92. The molecule has 4 heteroatoms. The molecule has 0 radical (unpaired) electrons. The summed E-state index contributed by atoms with van der Waals surface area (Å²) in [7, 11) is 1.37. The number of benzene rings is 1. The Morgan fingerprint density at radius 3 is 3.06 bits per heavy atom. The molecule has 0 aromatic heterocycles. The first-order chi connectivity index (χ1) is 7.65. The van der Waals surface area contributed by atoms with Gasteiger partial charge in [-0.3, -0.25) is 4.79 Å². The molecule has 0 saturated heterocycles. The van der Waals surface area contributed by atoms with Gasteiger partial charge in [0.15, 0.2) is 0 Å². The van der Waals surface area contributed by atoms with Crippen LogP contribution in [0.2, 0.25) is 0 Å². The average Bonchev–Trinajstić information content (AvgIpc) is 2.29. The van der Waals surface area contributed by atoms with E-state index in [0.29, 0.717) is 13.0 Å². The lowest BCUT2D eigenvalue weighted by molar-refractivity contribution is -0.142. The molecule has 0 fully saturated rings. The Morgan fingerprint density at radius 1 is 1.56 bits per heavy atom. The molecule has 0 amide bonds. The smallest absolute Gasteiger partial charge is 0.307 e. The maximum Gasteiger partial charge on any atom is 0.307 e. The second-order valence-electron chi connectivity index (χ2n) is 4.00. The number of nitrogens with two attached hydrogens (primary N) is 1. The van der Waals surface area contributed by atoms with Crippen LogP contribution in [0.15, 0.2) is 24.3 Å². The molecule has 0 aliphatic carbocycles. The van der Waals surface area contributed by atoms with Gasteiger partial charge in [0.2, 0.25) is 0 Å². The fourth-order valence-corrected chi connectivity index (χ4v) is 1.99. The second-order valence-corrected chi connectivity index (χ2v) is 4.00. The van der Waals surface area contributed by atoms with Crippen LogP contribution in [-0.2, 0) is 15.1 Å². The van der Waals surface area contributed by atoms with E-state index in [9.17, 15) is 4.79 Å². The molecule has 0 bridgehead atoms. The van der Waals surface area contributed by atoms with Crippen molar-refractivity contribution in [1.82, 2.24) is 0 Å². The highest BCUT2D eigenvalue weighted by Crippen LogP contribution is 2.37. The summed E-state index contributed by atoms with van der Waals surface area (Å²) in [5, 5.41) is 0. The van der Waals surface area contributed by atoms with Crippen molar-refractivity contribution in [3.05, 3.63) is 29.8 Å². The fourth-order valence-electron chi connectivity index (χ4n) is 1.99. The number of hydrogen-bond acceptors (Lipinski definition) is 4. The van der Waals surface area contributed by atoms with E-state index in [1.165, 1.54) is 7.11 Å². The topological polar surface area (TPSA) is 61.5 Å². The highest BCUT2D eigenvalue weighted by molar-refractivity contribution is 5.71. The fraction of sp³-hybridized carbons (Fsp3) is 0.417. The minimum atomic E-state index is -0.665. The number of rotatable bonds is 2. The molecule has 86 valence electrons. The first-order valence-electron chi connectivity index (χ1n) is 5.24. The first-order valence-corrected chi connectivity index (χ1v) is 5.24. The Morgan fingerprint density at radius 2 is 2.31 bits per heavy atom. The summed E-state index contributed by atoms with van der Waals surface area (Å²) in [5.41, 5.74) is 6.48. The minimum Gasteiger partial charge on any atom is -0.493 e. The highest BCUT2D eigenvalue weighted by atomic mass is 16.5. The molecule has 16 heavy (non-hydrogen) atoms. The normalized spacial score (nSPS) is 23.1. The lowest BCUT2D eigenvalue weighted by atomic mass is 9.83. The first kappa shape index (κ1) is 11.0. The van der Waals surface area contributed by atoms with Gasteiger partial charge < -0.3 is 15.2 Å². The maximum absolute atomic E-state index is 11.4. The van der Waals surface area contributed by atoms with Crippen LogP contribution in [0.3, 0.4) is 0 Å². The summed E-state index contributed by atoms with van der Waals surface area (Å²) in [4.78, 5) is 11.4. The molecule has 1 unspecified atom stereocenters. The predicted molar refractivity (Wildman–Crippen MR) is 59.1 cm³/mol. The molecule has 1 aliphatic heterocycles. The van der Waals surface area contributed by atoms with E-state index in [2.05, 4.69) is 4.74 Å². The van der Waals surface area contributed by atoms with E-state index < -0.39 is 5.54 Å². The van der Waals surface area contributed by atoms with Crippen molar-refractivity contribution in [3.63, 3.8) is 0 Å². The quantitative estimate of drug-likeness (QED) is 0.762. The van der Waals surface area contributed by atoms with Gasteiger partial charge in [0, 0.05) is 12.0 Å². The second kappa shape index (κ2) is 4.14. The van der Waals surface area contributed by atoms with E-state index in [4.69, 9.17) is 10.5 Å². The van der Waals surface area contributed by atoms with Gasteiger partial charge >= 0.3 is 5.97 Å². The summed E-state index contributed by atoms with van der Waals surface area (Å²) >= 11 is 0. The van der Waals surface area contributed by atoms with Crippen LogP contribution in [0.25, 0.3) is 0 Å². The van der Waals surface area contributed by atoms with Gasteiger partial charge in [-0.05, 0) is 6.07 Å². The van der Waals surface area contributed by atoms with Gasteiger partial charge in [-0.2, -0.15) is 0 Å². The zero-order valence-corrected chi connectivity index (χ0v) is 9.23. The van der Waals surface area contributed by atoms with Crippen LogP contribution < -0.4 is 10.5 Å². The third kappa shape index (κ3) is 1.88. The summed E-state index contributed by atoms with van der Waals surface area (Å²) in [5.74, 6) is 0.472. The molecule has 2 N–H and O–H groups in total. The van der Waals surface area contributed by atoms with Crippen LogP contribution in [0.4, 0.5) is 0 Å². The van der Waals surface area contributed by atoms with Crippen molar-refractivity contribution in [1.29, 1.82) is 0 Å². The summed E-state index contributed by atoms with van der Waals surface area (Å²) < 4.78 is 10.2. The largest absolute Gasteiger partial charge is 0.493 e. The van der Waals surface area contributed by atoms with Gasteiger partial charge in [-0.1, -0.05) is 18.2 Å². The van der Waals surface area contributed by atoms with Gasteiger partial charge in [-0.15, -0.1) is 0 Å². The van der Waals surface area contributed by atoms with Crippen molar-refractivity contribution >= 4 is 5.97 Å². The van der Waals surface area contributed by atoms with E-state index in [-0.39, 0.29) is 12.4 Å².